The van der Waals surface area contributed by atoms with E-state index in [0.717, 1.165) is 0 Å². The fourth-order valence-corrected chi connectivity index (χ4v) is 4.22. The molecule has 1 aliphatic rings. The quantitative estimate of drug-likeness (QED) is 0.539. The zero-order chi connectivity index (χ0) is 22.8. The van der Waals surface area contributed by atoms with Crippen LogP contribution in [-0.2, 0) is 33.8 Å². The summed E-state index contributed by atoms with van der Waals surface area (Å²) in [6, 6.07) is 0. The van der Waals surface area contributed by atoms with Crippen molar-refractivity contribution in [2.24, 2.45) is 5.41 Å². The van der Waals surface area contributed by atoms with Crippen molar-refractivity contribution >= 4 is 16.0 Å². The van der Waals surface area contributed by atoms with E-state index in [1.807, 2.05) is 48.5 Å². The molecule has 0 aromatic rings. The van der Waals surface area contributed by atoms with Crippen LogP contribution in [0.4, 0.5) is 0 Å². The largest absolute Gasteiger partial charge is 0.461 e. The van der Waals surface area contributed by atoms with Gasteiger partial charge in [-0.3, -0.25) is 0 Å². The zero-order valence-corrected chi connectivity index (χ0v) is 20.4. The molecule has 8 nitrogen and oxygen atoms in total. The Kier molecular flexibility index (Phi) is 8.32. The Bertz CT molecular complexity index is 661. The van der Waals surface area contributed by atoms with Gasteiger partial charge in [0.25, 0.3) is 0 Å². The van der Waals surface area contributed by atoms with Gasteiger partial charge in [-0.25, -0.2) is 13.2 Å². The van der Waals surface area contributed by atoms with Crippen LogP contribution >= 0.6 is 0 Å². The van der Waals surface area contributed by atoms with Crippen molar-refractivity contribution in [1.29, 1.82) is 0 Å². The summed E-state index contributed by atoms with van der Waals surface area (Å²) in [5.74, 6) is -1.38. The van der Waals surface area contributed by atoms with Gasteiger partial charge in [0.2, 0.25) is 10.0 Å². The maximum Gasteiger partial charge on any atom is 0.337 e. The molecule has 0 N–H and O–H groups in total. The predicted octanol–water partition coefficient (Wildman–Crippen LogP) is 2.56. The fourth-order valence-electron chi connectivity index (χ4n) is 2.79. The fraction of sp³-hybridized carbons (Fsp3) is 0.950. The van der Waals surface area contributed by atoms with E-state index in [2.05, 4.69) is 0 Å². The van der Waals surface area contributed by atoms with Crippen LogP contribution in [0.15, 0.2) is 0 Å². The second-order valence-electron chi connectivity index (χ2n) is 10.2. The standard InChI is InChI=1S/C20H39NO7S/c1-14(18(2,3)4)27-15(11-21(19(5,6)7)29(10,23)24)12-25-17(22)16-13-26-20(8,9)28-16/h14-16H,11-13H2,1-10H3/t14-,15-,16+/m0/s1. The van der Waals surface area contributed by atoms with E-state index in [1.165, 1.54) is 10.6 Å². The van der Waals surface area contributed by atoms with Gasteiger partial charge in [0, 0.05) is 12.1 Å². The summed E-state index contributed by atoms with van der Waals surface area (Å²) < 4.78 is 48.5. The molecule has 1 saturated heterocycles. The molecule has 0 saturated carbocycles. The Morgan fingerprint density at radius 1 is 1.21 bits per heavy atom. The van der Waals surface area contributed by atoms with Crippen molar-refractivity contribution in [2.45, 2.75) is 92.0 Å². The molecule has 0 bridgehead atoms. The van der Waals surface area contributed by atoms with Crippen molar-refractivity contribution in [3.05, 3.63) is 0 Å². The van der Waals surface area contributed by atoms with Crippen LogP contribution in [0.2, 0.25) is 0 Å². The molecule has 0 aromatic carbocycles. The van der Waals surface area contributed by atoms with Crippen molar-refractivity contribution in [2.75, 3.05) is 26.0 Å². The topological polar surface area (TPSA) is 91.4 Å². The molecule has 29 heavy (non-hydrogen) atoms. The molecule has 0 aromatic heterocycles. The van der Waals surface area contributed by atoms with Crippen LogP contribution in [0.25, 0.3) is 0 Å². The van der Waals surface area contributed by atoms with Crippen molar-refractivity contribution in [3.8, 4) is 0 Å². The number of carbonyl (C=O) groups is 1. The minimum absolute atomic E-state index is 0.0730. The van der Waals surface area contributed by atoms with Gasteiger partial charge in [0.05, 0.1) is 19.0 Å². The Morgan fingerprint density at radius 2 is 1.76 bits per heavy atom. The molecule has 1 rings (SSSR count). The number of sulfonamides is 1. The highest BCUT2D eigenvalue weighted by atomic mass is 32.2. The van der Waals surface area contributed by atoms with Crippen LogP contribution in [0.3, 0.4) is 0 Å². The molecule has 0 unspecified atom stereocenters. The number of carbonyl (C=O) groups excluding carboxylic acids is 1. The van der Waals surface area contributed by atoms with E-state index in [0.29, 0.717) is 0 Å². The number of rotatable bonds is 8. The first-order chi connectivity index (χ1) is 12.8. The highest BCUT2D eigenvalue weighted by molar-refractivity contribution is 7.88. The van der Waals surface area contributed by atoms with Crippen LogP contribution in [0.5, 0.6) is 0 Å². The van der Waals surface area contributed by atoms with Crippen LogP contribution < -0.4 is 0 Å². The molecule has 9 heteroatoms. The Morgan fingerprint density at radius 3 is 2.14 bits per heavy atom. The van der Waals surface area contributed by atoms with Crippen LogP contribution in [-0.4, -0.2) is 74.3 Å². The first-order valence-electron chi connectivity index (χ1n) is 9.94. The van der Waals surface area contributed by atoms with Gasteiger partial charge in [-0.05, 0) is 47.0 Å². The summed E-state index contributed by atoms with van der Waals surface area (Å²) in [4.78, 5) is 12.4. The SMILES string of the molecule is C[C@H](O[C@H](COC(=O)[C@H]1COC(C)(C)O1)CN(C(C)(C)C)S(C)(=O)=O)C(C)(C)C. The molecular formula is C20H39NO7S. The minimum atomic E-state index is -3.49. The molecule has 0 spiro atoms. The van der Waals surface area contributed by atoms with Crippen molar-refractivity contribution in [1.82, 2.24) is 4.31 Å². The van der Waals surface area contributed by atoms with E-state index >= 15 is 0 Å². The van der Waals surface area contributed by atoms with E-state index in [4.69, 9.17) is 18.9 Å². The average Bonchev–Trinajstić information content (AvgIpc) is 2.86. The highest BCUT2D eigenvalue weighted by Crippen LogP contribution is 2.26. The van der Waals surface area contributed by atoms with Crippen LogP contribution in [0, 0.1) is 5.41 Å². The second-order valence-corrected chi connectivity index (χ2v) is 12.1. The molecule has 172 valence electrons. The smallest absolute Gasteiger partial charge is 0.337 e. The lowest BCUT2D eigenvalue weighted by atomic mass is 9.90. The van der Waals surface area contributed by atoms with Gasteiger partial charge in [-0.1, -0.05) is 20.8 Å². The van der Waals surface area contributed by atoms with E-state index in [1.54, 1.807) is 13.8 Å². The van der Waals surface area contributed by atoms with Gasteiger partial charge in [-0.15, -0.1) is 0 Å². The summed E-state index contributed by atoms with van der Waals surface area (Å²) in [7, 11) is -3.49. The summed E-state index contributed by atoms with van der Waals surface area (Å²) in [5, 5.41) is 0. The van der Waals surface area contributed by atoms with Gasteiger partial charge in [-0.2, -0.15) is 4.31 Å². The normalized spacial score (nSPS) is 22.5. The molecule has 1 fully saturated rings. The van der Waals surface area contributed by atoms with Gasteiger partial charge in [0.1, 0.15) is 12.7 Å². The van der Waals surface area contributed by atoms with Crippen LogP contribution in [0.1, 0.15) is 62.3 Å². The Labute approximate surface area is 176 Å². The summed E-state index contributed by atoms with van der Waals surface area (Å²) in [6.45, 7) is 17.0. The molecule has 3 atom stereocenters. The monoisotopic (exact) mass is 437 g/mol. The van der Waals surface area contributed by atoms with Gasteiger partial charge in [0.15, 0.2) is 11.9 Å². The second kappa shape index (κ2) is 9.18. The summed E-state index contributed by atoms with van der Waals surface area (Å²) in [5.41, 5.74) is -0.803. The lowest BCUT2D eigenvalue weighted by molar-refractivity contribution is -0.175. The molecular weight excluding hydrogens is 398 g/mol. The first kappa shape index (κ1) is 26.3. The average molecular weight is 438 g/mol. The number of ether oxygens (including phenoxy) is 4. The molecule has 0 radical (unpaired) electrons. The summed E-state index contributed by atoms with van der Waals surface area (Å²) >= 11 is 0. The van der Waals surface area contributed by atoms with Gasteiger partial charge < -0.3 is 18.9 Å². The number of hydrogen-bond donors (Lipinski definition) is 0. The van der Waals surface area contributed by atoms with E-state index < -0.39 is 39.5 Å². The van der Waals surface area contributed by atoms with Gasteiger partial charge >= 0.3 is 5.97 Å². The van der Waals surface area contributed by atoms with Crippen molar-refractivity contribution in [3.63, 3.8) is 0 Å². The molecule has 0 aliphatic carbocycles. The highest BCUT2D eigenvalue weighted by Gasteiger charge is 2.39. The lowest BCUT2D eigenvalue weighted by Crippen LogP contribution is -2.51. The van der Waals surface area contributed by atoms with E-state index in [9.17, 15) is 13.2 Å². The summed E-state index contributed by atoms with van der Waals surface area (Å²) in [6.07, 6.45) is -0.449. The van der Waals surface area contributed by atoms with Crippen molar-refractivity contribution < 1.29 is 32.2 Å². The third-order valence-corrected chi connectivity index (χ3v) is 6.31. The first-order valence-corrected chi connectivity index (χ1v) is 11.8. The molecule has 1 aliphatic heterocycles. The third kappa shape index (κ3) is 8.49. The predicted molar refractivity (Wildman–Crippen MR) is 111 cm³/mol. The number of hydrogen-bond acceptors (Lipinski definition) is 7. The third-order valence-electron chi connectivity index (χ3n) is 4.82. The molecule has 1 heterocycles. The Hall–Kier alpha value is -0.740. The van der Waals surface area contributed by atoms with E-state index in [-0.39, 0.29) is 31.3 Å². The number of nitrogens with zero attached hydrogens (tertiary/aromatic N) is 1. The maximum absolute atomic E-state index is 12.4. The lowest BCUT2D eigenvalue weighted by Gasteiger charge is -2.38. The Balaban J connectivity index is 2.92. The molecule has 0 amide bonds. The minimum Gasteiger partial charge on any atom is -0.461 e. The number of esters is 1. The maximum atomic E-state index is 12.4. The zero-order valence-electron chi connectivity index (χ0n) is 19.6.